The number of quaternary nitrogens is 1. The summed E-state index contributed by atoms with van der Waals surface area (Å²) in [5.41, 5.74) is 4.79. The monoisotopic (exact) mass is 366 g/mol. The third-order valence-electron chi connectivity index (χ3n) is 5.50. The van der Waals surface area contributed by atoms with E-state index < -0.39 is 0 Å². The SMILES string of the molecule is Cc1cccc(CC(=O)NC[C@H](c2ccc(N(C)C)cc2)[NH+]2CCCC2)c1. The molecule has 0 aromatic heterocycles. The minimum absolute atomic E-state index is 0.106. The van der Waals surface area contributed by atoms with Gasteiger partial charge in [-0.15, -0.1) is 0 Å². The van der Waals surface area contributed by atoms with Crippen LogP contribution in [-0.2, 0) is 11.2 Å². The molecule has 1 fully saturated rings. The molecular formula is C23H32N3O+. The van der Waals surface area contributed by atoms with Gasteiger partial charge in [-0.25, -0.2) is 0 Å². The molecule has 0 unspecified atom stereocenters. The average Bonchev–Trinajstić information content (AvgIpc) is 3.17. The van der Waals surface area contributed by atoms with Gasteiger partial charge < -0.3 is 15.1 Å². The fraction of sp³-hybridized carbons (Fsp3) is 0.435. The van der Waals surface area contributed by atoms with E-state index in [4.69, 9.17) is 0 Å². The van der Waals surface area contributed by atoms with E-state index in [0.29, 0.717) is 19.0 Å². The van der Waals surface area contributed by atoms with Gasteiger partial charge in [0.1, 0.15) is 6.04 Å². The van der Waals surface area contributed by atoms with Gasteiger partial charge in [-0.1, -0.05) is 42.0 Å². The van der Waals surface area contributed by atoms with Gasteiger partial charge in [0.2, 0.25) is 5.91 Å². The van der Waals surface area contributed by atoms with Gasteiger partial charge in [-0.3, -0.25) is 4.79 Å². The van der Waals surface area contributed by atoms with Crippen molar-refractivity contribution < 1.29 is 9.69 Å². The number of aryl methyl sites for hydroxylation is 1. The number of anilines is 1. The molecule has 0 spiro atoms. The lowest BCUT2D eigenvalue weighted by Crippen LogP contribution is -3.11. The Morgan fingerprint density at radius 1 is 1.11 bits per heavy atom. The Hall–Kier alpha value is -2.33. The fourth-order valence-electron chi connectivity index (χ4n) is 3.97. The Morgan fingerprint density at radius 2 is 1.81 bits per heavy atom. The largest absolute Gasteiger partial charge is 0.378 e. The second-order valence-corrected chi connectivity index (χ2v) is 7.87. The Balaban J connectivity index is 1.65. The molecule has 4 nitrogen and oxygen atoms in total. The van der Waals surface area contributed by atoms with Gasteiger partial charge in [0, 0.05) is 38.2 Å². The van der Waals surface area contributed by atoms with Crippen LogP contribution in [0.4, 0.5) is 5.69 Å². The minimum Gasteiger partial charge on any atom is -0.378 e. The molecule has 4 heteroatoms. The highest BCUT2D eigenvalue weighted by Crippen LogP contribution is 2.17. The van der Waals surface area contributed by atoms with E-state index in [1.165, 1.54) is 42.7 Å². The molecule has 1 atom stereocenters. The second-order valence-electron chi connectivity index (χ2n) is 7.87. The number of hydrogen-bond donors (Lipinski definition) is 2. The standard InChI is InChI=1S/C23H31N3O/c1-18-7-6-8-19(15-18)16-23(27)24-17-22(26-13-4-5-14-26)20-9-11-21(12-10-20)25(2)3/h6-12,15,22H,4-5,13-14,16-17H2,1-3H3,(H,24,27)/p+1/t22-/m1/s1. The molecule has 0 bridgehead atoms. The number of rotatable bonds is 7. The Labute approximate surface area is 163 Å². The summed E-state index contributed by atoms with van der Waals surface area (Å²) >= 11 is 0. The van der Waals surface area contributed by atoms with Gasteiger partial charge in [0.15, 0.2) is 0 Å². The lowest BCUT2D eigenvalue weighted by Gasteiger charge is -2.26. The highest BCUT2D eigenvalue weighted by atomic mass is 16.1. The molecule has 27 heavy (non-hydrogen) atoms. The second kappa shape index (κ2) is 9.05. The van der Waals surface area contributed by atoms with E-state index in [-0.39, 0.29) is 5.91 Å². The van der Waals surface area contributed by atoms with Crippen molar-refractivity contribution in [3.63, 3.8) is 0 Å². The summed E-state index contributed by atoms with van der Waals surface area (Å²) in [6.45, 7) is 5.13. The summed E-state index contributed by atoms with van der Waals surface area (Å²) in [5.74, 6) is 0.106. The molecule has 2 aromatic carbocycles. The molecule has 2 N–H and O–H groups in total. The Bertz CT molecular complexity index is 748. The van der Waals surface area contributed by atoms with E-state index in [1.54, 1.807) is 4.90 Å². The highest BCUT2D eigenvalue weighted by molar-refractivity contribution is 5.78. The van der Waals surface area contributed by atoms with Crippen LogP contribution in [0.5, 0.6) is 0 Å². The number of amides is 1. The van der Waals surface area contributed by atoms with Crippen LogP contribution in [0.3, 0.4) is 0 Å². The van der Waals surface area contributed by atoms with Gasteiger partial charge in [-0.2, -0.15) is 0 Å². The zero-order valence-electron chi connectivity index (χ0n) is 16.8. The quantitative estimate of drug-likeness (QED) is 0.788. The number of benzene rings is 2. The molecular weight excluding hydrogens is 334 g/mol. The number of nitrogens with zero attached hydrogens (tertiary/aromatic N) is 1. The van der Waals surface area contributed by atoms with Crippen molar-refractivity contribution in [3.05, 3.63) is 65.2 Å². The molecule has 0 aliphatic carbocycles. The maximum Gasteiger partial charge on any atom is 0.224 e. The van der Waals surface area contributed by atoms with E-state index >= 15 is 0 Å². The van der Waals surface area contributed by atoms with Crippen LogP contribution in [0.1, 0.15) is 35.6 Å². The van der Waals surface area contributed by atoms with Crippen molar-refractivity contribution in [2.75, 3.05) is 38.6 Å². The first-order chi connectivity index (χ1) is 13.0. The zero-order valence-corrected chi connectivity index (χ0v) is 16.8. The first-order valence-electron chi connectivity index (χ1n) is 9.97. The van der Waals surface area contributed by atoms with Crippen molar-refractivity contribution in [2.45, 2.75) is 32.2 Å². The first-order valence-corrected chi connectivity index (χ1v) is 9.97. The molecule has 144 valence electrons. The molecule has 0 radical (unpaired) electrons. The molecule has 1 aliphatic heterocycles. The predicted octanol–water partition coefficient (Wildman–Crippen LogP) is 2.14. The third kappa shape index (κ3) is 5.33. The average molecular weight is 367 g/mol. The van der Waals surface area contributed by atoms with Crippen LogP contribution >= 0.6 is 0 Å². The number of hydrogen-bond acceptors (Lipinski definition) is 2. The minimum atomic E-state index is 0.106. The summed E-state index contributed by atoms with van der Waals surface area (Å²) in [6.07, 6.45) is 3.00. The van der Waals surface area contributed by atoms with E-state index in [9.17, 15) is 4.79 Å². The van der Waals surface area contributed by atoms with Crippen molar-refractivity contribution in [1.82, 2.24) is 5.32 Å². The number of carbonyl (C=O) groups is 1. The van der Waals surface area contributed by atoms with Crippen LogP contribution in [0, 0.1) is 6.92 Å². The topological polar surface area (TPSA) is 36.8 Å². The van der Waals surface area contributed by atoms with E-state index in [2.05, 4.69) is 67.6 Å². The van der Waals surface area contributed by atoms with E-state index in [0.717, 1.165) is 5.56 Å². The maximum absolute atomic E-state index is 12.5. The summed E-state index contributed by atoms with van der Waals surface area (Å²) in [6, 6.07) is 17.3. The van der Waals surface area contributed by atoms with Crippen LogP contribution in [0.2, 0.25) is 0 Å². The van der Waals surface area contributed by atoms with Crippen molar-refractivity contribution >= 4 is 11.6 Å². The fourth-order valence-corrected chi connectivity index (χ4v) is 3.97. The molecule has 1 saturated heterocycles. The Morgan fingerprint density at radius 3 is 2.44 bits per heavy atom. The summed E-state index contributed by atoms with van der Waals surface area (Å²) in [5, 5.41) is 3.19. The van der Waals surface area contributed by atoms with Gasteiger partial charge >= 0.3 is 0 Å². The first kappa shape index (κ1) is 19.4. The van der Waals surface area contributed by atoms with Crippen LogP contribution in [-0.4, -0.2) is 39.6 Å². The van der Waals surface area contributed by atoms with Gasteiger partial charge in [-0.05, 0) is 24.6 Å². The third-order valence-corrected chi connectivity index (χ3v) is 5.50. The van der Waals surface area contributed by atoms with Crippen LogP contribution in [0.15, 0.2) is 48.5 Å². The van der Waals surface area contributed by atoms with Gasteiger partial charge in [0.05, 0.1) is 26.1 Å². The smallest absolute Gasteiger partial charge is 0.224 e. The van der Waals surface area contributed by atoms with Gasteiger partial charge in [0.25, 0.3) is 0 Å². The zero-order chi connectivity index (χ0) is 19.2. The van der Waals surface area contributed by atoms with Crippen LogP contribution < -0.4 is 15.1 Å². The van der Waals surface area contributed by atoms with Crippen molar-refractivity contribution in [1.29, 1.82) is 0 Å². The molecule has 3 rings (SSSR count). The predicted molar refractivity (Wildman–Crippen MR) is 111 cm³/mol. The molecule has 1 amide bonds. The highest BCUT2D eigenvalue weighted by Gasteiger charge is 2.27. The molecule has 0 saturated carbocycles. The summed E-state index contributed by atoms with van der Waals surface area (Å²) in [4.78, 5) is 16.2. The molecule has 2 aromatic rings. The summed E-state index contributed by atoms with van der Waals surface area (Å²) in [7, 11) is 4.12. The molecule has 1 aliphatic rings. The Kier molecular flexibility index (Phi) is 6.51. The van der Waals surface area contributed by atoms with Crippen LogP contribution in [0.25, 0.3) is 0 Å². The maximum atomic E-state index is 12.5. The number of nitrogens with one attached hydrogen (secondary N) is 2. The number of carbonyl (C=O) groups excluding carboxylic acids is 1. The lowest BCUT2D eigenvalue weighted by molar-refractivity contribution is -0.918. The van der Waals surface area contributed by atoms with E-state index in [1.807, 2.05) is 12.1 Å². The lowest BCUT2D eigenvalue weighted by atomic mass is 10.0. The number of likely N-dealkylation sites (tertiary alicyclic amines) is 1. The van der Waals surface area contributed by atoms with Crippen molar-refractivity contribution in [3.8, 4) is 0 Å². The van der Waals surface area contributed by atoms with Crippen molar-refractivity contribution in [2.24, 2.45) is 0 Å². The molecule has 1 heterocycles. The normalized spacial score (nSPS) is 15.5. The summed E-state index contributed by atoms with van der Waals surface area (Å²) < 4.78 is 0.